The number of hydroxylamine groups is 2. The molecule has 0 saturated carbocycles. The number of hydrogen-bond acceptors (Lipinski definition) is 4. The minimum Gasteiger partial charge on any atom is -0.481 e. The van der Waals surface area contributed by atoms with Crippen molar-refractivity contribution in [2.24, 2.45) is 0 Å². The van der Waals surface area contributed by atoms with Crippen LogP contribution in [0.1, 0.15) is 31.7 Å². The topological polar surface area (TPSA) is 78.1 Å². The van der Waals surface area contributed by atoms with Crippen molar-refractivity contribution in [1.82, 2.24) is 9.88 Å². The molecule has 3 atom stereocenters. The van der Waals surface area contributed by atoms with E-state index in [1.54, 1.807) is 24.5 Å². The molecule has 0 spiro atoms. The monoisotopic (exact) mass is 278 g/mol. The average Bonchev–Trinajstić information content (AvgIpc) is 2.62. The number of aliphatic carboxylic acids is 1. The Labute approximate surface area is 117 Å². The number of aromatic nitrogens is 1. The predicted molar refractivity (Wildman–Crippen MR) is 71.9 cm³/mol. The lowest BCUT2D eigenvalue weighted by Gasteiger charge is -2.29. The molecule has 0 aliphatic carbocycles. The largest absolute Gasteiger partial charge is 0.481 e. The summed E-state index contributed by atoms with van der Waals surface area (Å²) in [7, 11) is 1.88. The minimum atomic E-state index is -0.879. The maximum Gasteiger partial charge on any atom is 0.304 e. The number of carboxylic acid groups (broad SMARTS) is 1. The highest BCUT2D eigenvalue weighted by Gasteiger charge is 2.44. The quantitative estimate of drug-likeness (QED) is 0.745. The molecule has 0 fully saturated rings. The van der Waals surface area contributed by atoms with Crippen molar-refractivity contribution in [3.63, 3.8) is 0 Å². The lowest BCUT2D eigenvalue weighted by molar-refractivity contribution is -1.08. The molecule has 0 bridgehead atoms. The van der Waals surface area contributed by atoms with Crippen LogP contribution >= 0.6 is 0 Å². The van der Waals surface area contributed by atoms with Gasteiger partial charge in [-0.15, -0.1) is 5.06 Å². The lowest BCUT2D eigenvalue weighted by atomic mass is 9.93. The summed E-state index contributed by atoms with van der Waals surface area (Å²) < 4.78 is 0. The predicted octanol–water partition coefficient (Wildman–Crippen LogP) is 0.437. The molecule has 2 rings (SSSR count). The summed E-state index contributed by atoms with van der Waals surface area (Å²) in [6, 6.07) is 3.61. The van der Waals surface area contributed by atoms with Crippen molar-refractivity contribution in [2.75, 3.05) is 7.05 Å². The second-order valence-electron chi connectivity index (χ2n) is 5.14. The second kappa shape index (κ2) is 5.60. The molecule has 6 heteroatoms. The summed E-state index contributed by atoms with van der Waals surface area (Å²) in [5, 5.41) is 19.8. The van der Waals surface area contributed by atoms with Gasteiger partial charge < -0.3 is 10.0 Å². The Balaban J connectivity index is 2.36. The van der Waals surface area contributed by atoms with Crippen LogP contribution in [0.25, 0.3) is 0 Å². The Bertz CT molecular complexity index is 512. The van der Waals surface area contributed by atoms with Gasteiger partial charge in [0.15, 0.2) is 5.70 Å². The molecule has 6 nitrogen and oxygen atoms in total. The van der Waals surface area contributed by atoms with Crippen molar-refractivity contribution in [3.8, 4) is 0 Å². The SMILES string of the molecule is CC1=C(C)[NH+](O)C(C(CC(=O)O)c2ccncc2)N1C. The number of quaternary nitrogens is 1. The molecule has 1 aliphatic heterocycles. The Morgan fingerprint density at radius 1 is 1.45 bits per heavy atom. The zero-order valence-electron chi connectivity index (χ0n) is 11.9. The molecule has 3 unspecified atom stereocenters. The van der Waals surface area contributed by atoms with Crippen molar-refractivity contribution >= 4 is 5.97 Å². The molecule has 3 N–H and O–H groups in total. The average molecular weight is 278 g/mol. The highest BCUT2D eigenvalue weighted by atomic mass is 16.5. The van der Waals surface area contributed by atoms with Crippen LogP contribution in [-0.4, -0.2) is 39.4 Å². The maximum atomic E-state index is 11.2. The number of nitrogens with zero attached hydrogens (tertiary/aromatic N) is 2. The second-order valence-corrected chi connectivity index (χ2v) is 5.14. The minimum absolute atomic E-state index is 0.0381. The van der Waals surface area contributed by atoms with E-state index < -0.39 is 5.97 Å². The molecule has 1 aromatic rings. The van der Waals surface area contributed by atoms with E-state index in [9.17, 15) is 15.1 Å². The first-order chi connectivity index (χ1) is 9.43. The standard InChI is InChI=1S/C14H19N3O3/c1-9-10(2)17(20)14(16(9)3)12(8-13(18)19)11-4-6-15-7-5-11/h4-7,12,14,20H,8H2,1-3H3,(H,18,19)/p+1. The van der Waals surface area contributed by atoms with Crippen LogP contribution in [0, 0.1) is 0 Å². The van der Waals surface area contributed by atoms with Gasteiger partial charge in [0.2, 0.25) is 6.17 Å². The number of pyridine rings is 1. The van der Waals surface area contributed by atoms with Crippen molar-refractivity contribution in [3.05, 3.63) is 41.5 Å². The normalized spacial score (nSPS) is 24.1. The van der Waals surface area contributed by atoms with E-state index in [4.69, 9.17) is 0 Å². The van der Waals surface area contributed by atoms with E-state index in [0.717, 1.165) is 17.0 Å². The molecule has 1 aromatic heterocycles. The first-order valence-corrected chi connectivity index (χ1v) is 6.51. The van der Waals surface area contributed by atoms with E-state index in [2.05, 4.69) is 4.98 Å². The fraction of sp³-hybridized carbons (Fsp3) is 0.429. The number of allylic oxidation sites excluding steroid dienone is 2. The Kier molecular flexibility index (Phi) is 4.06. The van der Waals surface area contributed by atoms with Gasteiger partial charge in [-0.05, 0) is 24.6 Å². The van der Waals surface area contributed by atoms with Crippen LogP contribution in [0.3, 0.4) is 0 Å². The van der Waals surface area contributed by atoms with Gasteiger partial charge in [0, 0.05) is 26.4 Å². The van der Waals surface area contributed by atoms with Crippen LogP contribution in [0.15, 0.2) is 35.9 Å². The molecule has 0 saturated heterocycles. The van der Waals surface area contributed by atoms with Gasteiger partial charge in [-0.3, -0.25) is 9.78 Å². The molecule has 0 aromatic carbocycles. The molecule has 108 valence electrons. The van der Waals surface area contributed by atoms with Crippen LogP contribution in [0.5, 0.6) is 0 Å². The zero-order chi connectivity index (χ0) is 14.9. The van der Waals surface area contributed by atoms with Gasteiger partial charge in [-0.2, -0.15) is 0 Å². The highest BCUT2D eigenvalue weighted by Crippen LogP contribution is 2.28. The van der Waals surface area contributed by atoms with Crippen molar-refractivity contribution < 1.29 is 20.2 Å². The lowest BCUT2D eigenvalue weighted by Crippen LogP contribution is -3.12. The molecule has 0 radical (unpaired) electrons. The highest BCUT2D eigenvalue weighted by molar-refractivity contribution is 5.68. The van der Waals surface area contributed by atoms with Gasteiger partial charge in [0.1, 0.15) is 0 Å². The molecule has 20 heavy (non-hydrogen) atoms. The molecule has 2 heterocycles. The molecule has 1 aliphatic rings. The van der Waals surface area contributed by atoms with Gasteiger partial charge in [0.25, 0.3) is 0 Å². The van der Waals surface area contributed by atoms with E-state index in [1.807, 2.05) is 25.8 Å². The summed E-state index contributed by atoms with van der Waals surface area (Å²) in [4.78, 5) is 17.1. The number of rotatable bonds is 4. The van der Waals surface area contributed by atoms with Crippen LogP contribution in [0.2, 0.25) is 0 Å². The molecular formula is C14H20N3O3+. The van der Waals surface area contributed by atoms with Crippen LogP contribution < -0.4 is 5.06 Å². The van der Waals surface area contributed by atoms with Crippen molar-refractivity contribution in [2.45, 2.75) is 32.4 Å². The summed E-state index contributed by atoms with van der Waals surface area (Å²) in [5.41, 5.74) is 2.66. The Hall–Kier alpha value is -1.92. The summed E-state index contributed by atoms with van der Waals surface area (Å²) >= 11 is 0. The van der Waals surface area contributed by atoms with Crippen LogP contribution in [-0.2, 0) is 4.79 Å². The zero-order valence-corrected chi connectivity index (χ0v) is 11.9. The summed E-state index contributed by atoms with van der Waals surface area (Å²) in [5.74, 6) is -1.19. The fourth-order valence-corrected chi connectivity index (χ4v) is 2.73. The first kappa shape index (κ1) is 14.5. The van der Waals surface area contributed by atoms with E-state index in [0.29, 0.717) is 0 Å². The third-order valence-corrected chi connectivity index (χ3v) is 4.06. The van der Waals surface area contributed by atoms with Gasteiger partial charge in [-0.25, -0.2) is 5.21 Å². The molecule has 0 amide bonds. The number of carboxylic acids is 1. The smallest absolute Gasteiger partial charge is 0.304 e. The third kappa shape index (κ3) is 2.52. The number of hydrogen-bond donors (Lipinski definition) is 3. The maximum absolute atomic E-state index is 11.2. The Morgan fingerprint density at radius 2 is 2.05 bits per heavy atom. The molecular weight excluding hydrogens is 258 g/mol. The van der Waals surface area contributed by atoms with E-state index >= 15 is 0 Å². The van der Waals surface area contributed by atoms with Gasteiger partial charge >= 0.3 is 5.97 Å². The number of likely N-dealkylation sites (N-methyl/N-ethyl adjacent to an activating group) is 1. The number of nitrogens with one attached hydrogen (secondary N) is 1. The van der Waals surface area contributed by atoms with E-state index in [-0.39, 0.29) is 23.6 Å². The fourth-order valence-electron chi connectivity index (χ4n) is 2.73. The third-order valence-electron chi connectivity index (χ3n) is 4.06. The van der Waals surface area contributed by atoms with Crippen LogP contribution in [0.4, 0.5) is 0 Å². The summed E-state index contributed by atoms with van der Waals surface area (Å²) in [6.07, 6.45) is 2.91. The first-order valence-electron chi connectivity index (χ1n) is 6.51. The number of carbonyl (C=O) groups is 1. The van der Waals surface area contributed by atoms with E-state index in [1.165, 1.54) is 0 Å². The van der Waals surface area contributed by atoms with Gasteiger partial charge in [0.05, 0.1) is 18.0 Å². The van der Waals surface area contributed by atoms with Gasteiger partial charge in [-0.1, -0.05) is 0 Å². The summed E-state index contributed by atoms with van der Waals surface area (Å²) in [6.45, 7) is 3.78. The Morgan fingerprint density at radius 3 is 2.50 bits per heavy atom. The van der Waals surface area contributed by atoms with Crippen molar-refractivity contribution in [1.29, 1.82) is 0 Å².